The fourth-order valence-corrected chi connectivity index (χ4v) is 8.47. The summed E-state index contributed by atoms with van der Waals surface area (Å²) in [6.07, 6.45) is 0. The molecule has 0 aliphatic rings. The molecule has 0 unspecified atom stereocenters. The van der Waals surface area contributed by atoms with Crippen molar-refractivity contribution >= 4 is 65.4 Å². The second kappa shape index (κ2) is 10.8. The lowest BCUT2D eigenvalue weighted by atomic mass is 10.00. The van der Waals surface area contributed by atoms with Crippen LogP contribution in [0.1, 0.15) is 0 Å². The highest BCUT2D eigenvalue weighted by molar-refractivity contribution is 6.16. The topological polar surface area (TPSA) is 14.8 Å². The minimum absolute atomic E-state index is 1.14. The Hall–Kier alpha value is -6.84. The molecule has 0 radical (unpaired) electrons. The normalized spacial score (nSPS) is 11.9. The van der Waals surface area contributed by atoms with Crippen LogP contribution in [-0.4, -0.2) is 13.7 Å². The van der Waals surface area contributed by atoms with Crippen LogP contribution < -0.4 is 0 Å². The Morgan fingerprint density at radius 3 is 1.25 bits per heavy atom. The average Bonchev–Trinajstić information content (AvgIpc) is 3.84. The number of fused-ring (bicyclic) bond motifs is 9. The van der Waals surface area contributed by atoms with E-state index >= 15 is 0 Å². The lowest BCUT2D eigenvalue weighted by Crippen LogP contribution is -1.98. The predicted octanol–water partition coefficient (Wildman–Crippen LogP) is 12.6. The second-order valence-electron chi connectivity index (χ2n) is 13.4. The lowest BCUT2D eigenvalue weighted by Gasteiger charge is -2.14. The number of aromatic nitrogens is 3. The van der Waals surface area contributed by atoms with Gasteiger partial charge in [-0.25, -0.2) is 0 Å². The minimum atomic E-state index is 1.14. The highest BCUT2D eigenvalue weighted by Crippen LogP contribution is 2.41. The van der Waals surface area contributed by atoms with Crippen molar-refractivity contribution in [3.05, 3.63) is 188 Å². The maximum atomic E-state index is 2.45. The van der Waals surface area contributed by atoms with Crippen molar-refractivity contribution in [2.45, 2.75) is 0 Å². The van der Waals surface area contributed by atoms with Crippen LogP contribution in [0, 0.1) is 0 Å². The van der Waals surface area contributed by atoms with Gasteiger partial charge in [-0.1, -0.05) is 115 Å². The molecule has 51 heavy (non-hydrogen) atoms. The first-order valence-corrected chi connectivity index (χ1v) is 17.5. The first-order valence-electron chi connectivity index (χ1n) is 17.5. The standard InChI is InChI=1S/C48H31N3/c1-2-13-33(14-3-1)49-45-23-10-7-18-40(45)42-31-32(25-30-47(42)49)36-19-12-20-41-39-17-6-11-24-46(39)51(48(36)41)35-28-26-34(27-29-35)50-43-21-8-4-15-37(43)38-16-5-9-22-44(38)50/h1-31H. The zero-order chi connectivity index (χ0) is 33.5. The zero-order valence-corrected chi connectivity index (χ0v) is 27.7. The van der Waals surface area contributed by atoms with Crippen molar-refractivity contribution in [2.75, 3.05) is 0 Å². The highest BCUT2D eigenvalue weighted by atomic mass is 15.0. The molecule has 3 heterocycles. The Morgan fingerprint density at radius 2 is 0.667 bits per heavy atom. The molecule has 3 nitrogen and oxygen atoms in total. The molecule has 0 amide bonds. The molecule has 11 rings (SSSR count). The van der Waals surface area contributed by atoms with E-state index in [-0.39, 0.29) is 0 Å². The largest absolute Gasteiger partial charge is 0.309 e. The molecule has 3 aromatic heterocycles. The van der Waals surface area contributed by atoms with Crippen LogP contribution >= 0.6 is 0 Å². The molecule has 238 valence electrons. The first-order chi connectivity index (χ1) is 25.3. The van der Waals surface area contributed by atoms with E-state index in [0.29, 0.717) is 0 Å². The van der Waals surface area contributed by atoms with E-state index in [1.807, 2.05) is 0 Å². The molecule has 0 spiro atoms. The van der Waals surface area contributed by atoms with Crippen molar-refractivity contribution in [1.29, 1.82) is 0 Å². The molecule has 0 aliphatic heterocycles. The second-order valence-corrected chi connectivity index (χ2v) is 13.4. The van der Waals surface area contributed by atoms with Gasteiger partial charge in [-0.3, -0.25) is 0 Å². The summed E-state index contributed by atoms with van der Waals surface area (Å²) in [5.74, 6) is 0. The van der Waals surface area contributed by atoms with Gasteiger partial charge in [0.05, 0.1) is 33.1 Å². The number of hydrogen-bond acceptors (Lipinski definition) is 0. The van der Waals surface area contributed by atoms with Gasteiger partial charge in [-0.15, -0.1) is 0 Å². The summed E-state index contributed by atoms with van der Waals surface area (Å²) in [4.78, 5) is 0. The number of benzene rings is 8. The summed E-state index contributed by atoms with van der Waals surface area (Å²) in [6, 6.07) is 68.4. The highest BCUT2D eigenvalue weighted by Gasteiger charge is 2.19. The molecule has 0 saturated carbocycles. The summed E-state index contributed by atoms with van der Waals surface area (Å²) in [5.41, 5.74) is 13.2. The first kappa shape index (κ1) is 28.0. The molecular weight excluding hydrogens is 619 g/mol. The summed E-state index contributed by atoms with van der Waals surface area (Å²) >= 11 is 0. The number of rotatable bonds is 4. The van der Waals surface area contributed by atoms with Crippen LogP contribution in [0.3, 0.4) is 0 Å². The fraction of sp³-hybridized carbons (Fsp3) is 0. The van der Waals surface area contributed by atoms with E-state index in [2.05, 4.69) is 202 Å². The lowest BCUT2D eigenvalue weighted by molar-refractivity contribution is 1.14. The van der Waals surface area contributed by atoms with Crippen LogP contribution in [0.5, 0.6) is 0 Å². The summed E-state index contributed by atoms with van der Waals surface area (Å²) in [5, 5.41) is 7.55. The average molecular weight is 650 g/mol. The molecule has 0 aliphatic carbocycles. The van der Waals surface area contributed by atoms with Crippen molar-refractivity contribution in [1.82, 2.24) is 13.7 Å². The van der Waals surface area contributed by atoms with E-state index in [9.17, 15) is 0 Å². The maximum absolute atomic E-state index is 2.45. The third-order valence-corrected chi connectivity index (χ3v) is 10.6. The van der Waals surface area contributed by atoms with Crippen LogP contribution in [-0.2, 0) is 0 Å². The quantitative estimate of drug-likeness (QED) is 0.180. The number of para-hydroxylation sites is 6. The Balaban J connectivity index is 1.13. The molecular formula is C48H31N3. The smallest absolute Gasteiger partial charge is 0.0619 e. The number of nitrogens with zero attached hydrogens (tertiary/aromatic N) is 3. The van der Waals surface area contributed by atoms with E-state index in [4.69, 9.17) is 0 Å². The van der Waals surface area contributed by atoms with Gasteiger partial charge in [0, 0.05) is 54.9 Å². The van der Waals surface area contributed by atoms with Gasteiger partial charge in [0.15, 0.2) is 0 Å². The van der Waals surface area contributed by atoms with Gasteiger partial charge >= 0.3 is 0 Å². The van der Waals surface area contributed by atoms with Gasteiger partial charge in [0.1, 0.15) is 0 Å². The molecule has 11 aromatic rings. The van der Waals surface area contributed by atoms with Crippen molar-refractivity contribution in [3.8, 4) is 28.2 Å². The monoisotopic (exact) mass is 649 g/mol. The van der Waals surface area contributed by atoms with E-state index in [1.54, 1.807) is 0 Å². The molecule has 0 atom stereocenters. The Morgan fingerprint density at radius 1 is 0.255 bits per heavy atom. The van der Waals surface area contributed by atoms with Gasteiger partial charge in [0.25, 0.3) is 0 Å². The molecule has 0 fully saturated rings. The minimum Gasteiger partial charge on any atom is -0.309 e. The zero-order valence-electron chi connectivity index (χ0n) is 27.7. The molecule has 0 N–H and O–H groups in total. The maximum Gasteiger partial charge on any atom is 0.0619 e. The van der Waals surface area contributed by atoms with Crippen LogP contribution in [0.4, 0.5) is 0 Å². The summed E-state index contributed by atoms with van der Waals surface area (Å²) in [7, 11) is 0. The SMILES string of the molecule is c1ccc(-n2c3ccccc3c3cc(-c4cccc5c6ccccc6n(-c6ccc(-n7c8ccccc8c8ccccc87)cc6)c45)ccc32)cc1. The number of hydrogen-bond donors (Lipinski definition) is 0. The van der Waals surface area contributed by atoms with Gasteiger partial charge in [-0.2, -0.15) is 0 Å². The molecule has 8 aromatic carbocycles. The third kappa shape index (κ3) is 4.06. The van der Waals surface area contributed by atoms with E-state index < -0.39 is 0 Å². The summed E-state index contributed by atoms with van der Waals surface area (Å²) < 4.78 is 7.21. The van der Waals surface area contributed by atoms with E-state index in [0.717, 1.165) is 11.4 Å². The predicted molar refractivity (Wildman–Crippen MR) is 215 cm³/mol. The van der Waals surface area contributed by atoms with Gasteiger partial charge in [-0.05, 0) is 78.4 Å². The fourth-order valence-electron chi connectivity index (χ4n) is 8.47. The third-order valence-electron chi connectivity index (χ3n) is 10.6. The molecule has 0 saturated heterocycles. The van der Waals surface area contributed by atoms with Gasteiger partial charge in [0.2, 0.25) is 0 Å². The Labute approximate surface area is 294 Å². The van der Waals surface area contributed by atoms with Crippen LogP contribution in [0.2, 0.25) is 0 Å². The molecule has 0 bridgehead atoms. The van der Waals surface area contributed by atoms with Crippen LogP contribution in [0.25, 0.3) is 93.6 Å². The van der Waals surface area contributed by atoms with E-state index in [1.165, 1.54) is 82.2 Å². The van der Waals surface area contributed by atoms with Crippen molar-refractivity contribution in [3.63, 3.8) is 0 Å². The Bertz CT molecular complexity index is 3070. The van der Waals surface area contributed by atoms with Crippen LogP contribution in [0.15, 0.2) is 188 Å². The van der Waals surface area contributed by atoms with Gasteiger partial charge < -0.3 is 13.7 Å². The summed E-state index contributed by atoms with van der Waals surface area (Å²) in [6.45, 7) is 0. The Kier molecular flexibility index (Phi) is 5.96. The van der Waals surface area contributed by atoms with Crippen molar-refractivity contribution in [2.24, 2.45) is 0 Å². The molecule has 3 heteroatoms. The van der Waals surface area contributed by atoms with Crippen molar-refractivity contribution < 1.29 is 0 Å².